The number of halogens is 3. The summed E-state index contributed by atoms with van der Waals surface area (Å²) in [5.41, 5.74) is -1.22. The molecule has 0 saturated carbocycles. The van der Waals surface area contributed by atoms with E-state index in [0.29, 0.717) is 6.07 Å². The zero-order valence-corrected chi connectivity index (χ0v) is 12.3. The van der Waals surface area contributed by atoms with E-state index in [-0.39, 0.29) is 24.3 Å². The molecule has 1 aromatic rings. The molecule has 5 nitrogen and oxygen atoms in total. The molecule has 0 bridgehead atoms. The van der Waals surface area contributed by atoms with Crippen molar-refractivity contribution in [2.24, 2.45) is 11.1 Å². The summed E-state index contributed by atoms with van der Waals surface area (Å²) in [6.45, 7) is 3.29. The second-order valence-electron chi connectivity index (χ2n) is 4.85. The topological polar surface area (TPSA) is 92.4 Å². The van der Waals surface area contributed by atoms with Gasteiger partial charge in [0.15, 0.2) is 0 Å². The quantitative estimate of drug-likeness (QED) is 0.769. The van der Waals surface area contributed by atoms with Crippen LogP contribution in [0.3, 0.4) is 0 Å². The lowest BCUT2D eigenvalue weighted by molar-refractivity contribution is -0.139. The Morgan fingerprint density at radius 3 is 2.33 bits per heavy atom. The zero-order chi connectivity index (χ0) is 16.4. The highest BCUT2D eigenvalue weighted by atomic mass is 32.2. The van der Waals surface area contributed by atoms with E-state index in [4.69, 9.17) is 10.2 Å². The van der Waals surface area contributed by atoms with Crippen molar-refractivity contribution < 1.29 is 26.7 Å². The fraction of sp³-hybridized carbons (Fsp3) is 0.500. The molecular formula is C12H17F3N2O3S. The average molecular weight is 326 g/mol. The third kappa shape index (κ3) is 4.58. The van der Waals surface area contributed by atoms with Crippen LogP contribution in [0.25, 0.3) is 0 Å². The number of hydrogen-bond acceptors (Lipinski definition) is 4. The number of nitrogens with two attached hydrogens (primary N) is 1. The Kier molecular flexibility index (Phi) is 5.24. The normalized spacial score (nSPS) is 15.6. The van der Waals surface area contributed by atoms with Gasteiger partial charge >= 0.3 is 6.18 Å². The molecule has 0 aromatic heterocycles. The van der Waals surface area contributed by atoms with Crippen LogP contribution in [0, 0.1) is 5.92 Å². The van der Waals surface area contributed by atoms with Crippen LogP contribution in [0.15, 0.2) is 23.1 Å². The first kappa shape index (κ1) is 17.7. The Morgan fingerprint density at radius 2 is 1.90 bits per heavy atom. The van der Waals surface area contributed by atoms with E-state index < -0.39 is 26.7 Å². The third-order valence-electron chi connectivity index (χ3n) is 3.13. The van der Waals surface area contributed by atoms with Crippen LogP contribution in [-0.2, 0) is 16.2 Å². The highest BCUT2D eigenvalue weighted by Gasteiger charge is 2.36. The highest BCUT2D eigenvalue weighted by Crippen LogP contribution is 2.35. The van der Waals surface area contributed by atoms with Gasteiger partial charge in [0.25, 0.3) is 0 Å². The van der Waals surface area contributed by atoms with E-state index in [0.717, 1.165) is 6.07 Å². The van der Waals surface area contributed by atoms with Crippen LogP contribution < -0.4 is 10.5 Å². The van der Waals surface area contributed by atoms with Gasteiger partial charge in [0.05, 0.1) is 10.5 Å². The van der Waals surface area contributed by atoms with E-state index >= 15 is 0 Å². The summed E-state index contributed by atoms with van der Waals surface area (Å²) >= 11 is 0. The van der Waals surface area contributed by atoms with Crippen molar-refractivity contribution in [1.29, 1.82) is 0 Å². The fourth-order valence-electron chi connectivity index (χ4n) is 1.65. The first-order chi connectivity index (χ1) is 9.46. The average Bonchev–Trinajstić information content (AvgIpc) is 2.35. The number of nitrogens with one attached hydrogen (secondary N) is 1. The van der Waals surface area contributed by atoms with Gasteiger partial charge in [-0.1, -0.05) is 6.92 Å². The van der Waals surface area contributed by atoms with E-state index in [9.17, 15) is 21.6 Å². The van der Waals surface area contributed by atoms with Gasteiger partial charge in [-0.25, -0.2) is 13.6 Å². The molecule has 1 rings (SSSR count). The first-order valence-electron chi connectivity index (χ1n) is 6.08. The number of sulfonamides is 1. The lowest BCUT2D eigenvalue weighted by Gasteiger charge is -2.21. The molecule has 0 amide bonds. The summed E-state index contributed by atoms with van der Waals surface area (Å²) in [5, 5.41) is 16.6. The Morgan fingerprint density at radius 1 is 1.33 bits per heavy atom. The molecular weight excluding hydrogens is 309 g/mol. The molecule has 21 heavy (non-hydrogen) atoms. The monoisotopic (exact) mass is 326 g/mol. The number of primary sulfonamides is 1. The summed E-state index contributed by atoms with van der Waals surface area (Å²) in [6, 6.07) is 2.42. The molecule has 2 unspecified atom stereocenters. The molecule has 0 spiro atoms. The summed E-state index contributed by atoms with van der Waals surface area (Å²) in [7, 11) is -4.47. The van der Waals surface area contributed by atoms with Gasteiger partial charge in [-0.05, 0) is 31.0 Å². The van der Waals surface area contributed by atoms with E-state index in [1.54, 1.807) is 13.8 Å². The second-order valence-corrected chi connectivity index (χ2v) is 6.38. The van der Waals surface area contributed by atoms with Gasteiger partial charge in [0, 0.05) is 18.3 Å². The number of benzene rings is 1. The molecule has 9 heteroatoms. The minimum Gasteiger partial charge on any atom is -0.396 e. The fourth-order valence-corrected chi connectivity index (χ4v) is 2.39. The molecule has 1 aromatic carbocycles. The maximum absolute atomic E-state index is 12.9. The van der Waals surface area contributed by atoms with E-state index in [2.05, 4.69) is 5.32 Å². The standard InChI is InChI=1S/C12H17F3N2O3S/c1-7(6-18)8(2)17-9-3-4-11(21(16,19)20)10(5-9)12(13,14)15/h3-5,7-8,17-18H,6H2,1-2H3,(H2,16,19,20). The minimum atomic E-state index is -4.84. The number of aliphatic hydroxyl groups excluding tert-OH is 1. The van der Waals surface area contributed by atoms with Crippen molar-refractivity contribution in [3.63, 3.8) is 0 Å². The molecule has 0 saturated heterocycles. The van der Waals surface area contributed by atoms with Gasteiger partial charge in [-0.3, -0.25) is 0 Å². The number of anilines is 1. The van der Waals surface area contributed by atoms with Crippen molar-refractivity contribution in [2.45, 2.75) is 31.0 Å². The number of alkyl halides is 3. The highest BCUT2D eigenvalue weighted by molar-refractivity contribution is 7.89. The van der Waals surface area contributed by atoms with Crippen LogP contribution >= 0.6 is 0 Å². The van der Waals surface area contributed by atoms with Crippen molar-refractivity contribution in [3.05, 3.63) is 23.8 Å². The second kappa shape index (κ2) is 6.20. The van der Waals surface area contributed by atoms with Gasteiger partial charge in [0.2, 0.25) is 10.0 Å². The summed E-state index contributed by atoms with van der Waals surface area (Å²) in [6.07, 6.45) is -4.84. The van der Waals surface area contributed by atoms with E-state index in [1.165, 1.54) is 6.07 Å². The molecule has 0 aliphatic heterocycles. The molecule has 2 atom stereocenters. The van der Waals surface area contributed by atoms with Gasteiger partial charge < -0.3 is 10.4 Å². The first-order valence-corrected chi connectivity index (χ1v) is 7.63. The van der Waals surface area contributed by atoms with Crippen LogP contribution in [0.2, 0.25) is 0 Å². The summed E-state index contributed by atoms with van der Waals surface area (Å²) in [5.74, 6) is -0.183. The van der Waals surface area contributed by atoms with E-state index in [1.807, 2.05) is 0 Å². The molecule has 0 aliphatic carbocycles. The number of rotatable bonds is 5. The molecule has 0 fully saturated rings. The molecule has 0 radical (unpaired) electrons. The maximum Gasteiger partial charge on any atom is 0.417 e. The number of aliphatic hydroxyl groups is 1. The predicted octanol–water partition coefficient (Wildman–Crippen LogP) is 1.78. The maximum atomic E-state index is 12.9. The molecule has 0 aliphatic rings. The zero-order valence-electron chi connectivity index (χ0n) is 11.5. The van der Waals surface area contributed by atoms with Crippen LogP contribution in [0.5, 0.6) is 0 Å². The predicted molar refractivity (Wildman–Crippen MR) is 72.2 cm³/mol. The Balaban J connectivity index is 3.24. The largest absolute Gasteiger partial charge is 0.417 e. The lowest BCUT2D eigenvalue weighted by Crippen LogP contribution is -2.26. The smallest absolute Gasteiger partial charge is 0.396 e. The van der Waals surface area contributed by atoms with Crippen molar-refractivity contribution in [3.8, 4) is 0 Å². The van der Waals surface area contributed by atoms with Crippen LogP contribution in [0.4, 0.5) is 18.9 Å². The molecule has 4 N–H and O–H groups in total. The number of hydrogen-bond donors (Lipinski definition) is 3. The third-order valence-corrected chi connectivity index (χ3v) is 4.10. The van der Waals surface area contributed by atoms with Crippen molar-refractivity contribution in [2.75, 3.05) is 11.9 Å². The summed E-state index contributed by atoms with van der Waals surface area (Å²) < 4.78 is 61.2. The molecule has 120 valence electrons. The van der Waals surface area contributed by atoms with Gasteiger partial charge in [-0.15, -0.1) is 0 Å². The molecule has 0 heterocycles. The SMILES string of the molecule is CC(CO)C(C)Nc1ccc(S(N)(=O)=O)c(C(F)(F)F)c1. The minimum absolute atomic E-state index is 0.0996. The van der Waals surface area contributed by atoms with Crippen LogP contribution in [0.1, 0.15) is 19.4 Å². The van der Waals surface area contributed by atoms with Crippen LogP contribution in [-0.4, -0.2) is 26.2 Å². The van der Waals surface area contributed by atoms with Gasteiger partial charge in [-0.2, -0.15) is 13.2 Å². The van der Waals surface area contributed by atoms with Gasteiger partial charge in [0.1, 0.15) is 0 Å². The van der Waals surface area contributed by atoms with Crippen molar-refractivity contribution >= 4 is 15.7 Å². The lowest BCUT2D eigenvalue weighted by atomic mass is 10.0. The Hall–Kier alpha value is -1.32. The Bertz CT molecular complexity index is 602. The summed E-state index contributed by atoms with van der Waals surface area (Å²) in [4.78, 5) is -0.969. The Labute approximate surface area is 121 Å². The van der Waals surface area contributed by atoms with Crippen molar-refractivity contribution in [1.82, 2.24) is 0 Å².